The Bertz CT molecular complexity index is 1310. The quantitative estimate of drug-likeness (QED) is 0.382. The first-order valence-corrected chi connectivity index (χ1v) is 11.4. The Morgan fingerprint density at radius 2 is 1.77 bits per heavy atom. The van der Waals surface area contributed by atoms with Crippen molar-refractivity contribution in [3.63, 3.8) is 0 Å². The van der Waals surface area contributed by atoms with Crippen LogP contribution >= 0.6 is 11.8 Å². The van der Waals surface area contributed by atoms with Crippen molar-refractivity contribution in [1.29, 1.82) is 0 Å². The number of benzene rings is 2. The molecule has 0 unspecified atom stereocenters. The molecule has 1 fully saturated rings. The molecule has 0 aliphatic carbocycles. The van der Waals surface area contributed by atoms with Crippen LogP contribution in [-0.4, -0.2) is 33.6 Å². The van der Waals surface area contributed by atoms with Crippen LogP contribution in [0.3, 0.4) is 0 Å². The highest BCUT2D eigenvalue weighted by molar-refractivity contribution is 8.18. The van der Waals surface area contributed by atoms with Gasteiger partial charge in [-0.1, -0.05) is 19.1 Å². The van der Waals surface area contributed by atoms with E-state index in [1.807, 2.05) is 6.92 Å². The van der Waals surface area contributed by atoms with E-state index in [1.165, 1.54) is 29.2 Å². The summed E-state index contributed by atoms with van der Waals surface area (Å²) < 4.78 is 44.3. The molecule has 2 heterocycles. The van der Waals surface area contributed by atoms with Crippen molar-refractivity contribution in [2.24, 2.45) is 4.99 Å². The Labute approximate surface area is 202 Å². The van der Waals surface area contributed by atoms with Crippen LogP contribution < -0.4 is 0 Å². The highest BCUT2D eigenvalue weighted by Crippen LogP contribution is 2.36. The van der Waals surface area contributed by atoms with Crippen molar-refractivity contribution in [3.05, 3.63) is 82.5 Å². The summed E-state index contributed by atoms with van der Waals surface area (Å²) in [4.78, 5) is 30.2. The standard InChI is InChI=1S/C25H19F3N2O4S/c1-2-13-30-22(31)21(35-24(30)29-18-9-7-17(8-10-18)25(26,27)28)14-19-11-12-20(34-19)15-3-5-16(6-4-15)23(32)33/h3-12,14H,2,13H2,1H3,(H,32,33)/b21-14-,29-24?. The number of carbonyl (C=O) groups excluding carboxylic acids is 1. The lowest BCUT2D eigenvalue weighted by Gasteiger charge is -2.14. The predicted molar refractivity (Wildman–Crippen MR) is 127 cm³/mol. The number of aliphatic imine (C=N–C) groups is 1. The lowest BCUT2D eigenvalue weighted by Crippen LogP contribution is -2.29. The van der Waals surface area contributed by atoms with E-state index in [1.54, 1.807) is 30.3 Å². The SMILES string of the molecule is CCCN1C(=O)/C(=C/c2ccc(-c3ccc(C(=O)O)cc3)o2)SC1=Nc1ccc(C(F)(F)F)cc1. The summed E-state index contributed by atoms with van der Waals surface area (Å²) in [6.45, 7) is 2.31. The van der Waals surface area contributed by atoms with Gasteiger partial charge in [0.05, 0.1) is 21.7 Å². The number of halogens is 3. The van der Waals surface area contributed by atoms with Crippen LogP contribution in [0.25, 0.3) is 17.4 Å². The van der Waals surface area contributed by atoms with Gasteiger partial charge in [0.25, 0.3) is 5.91 Å². The number of alkyl halides is 3. The summed E-state index contributed by atoms with van der Waals surface area (Å²) in [5, 5.41) is 9.40. The highest BCUT2D eigenvalue weighted by Gasteiger charge is 2.33. The molecule has 6 nitrogen and oxygen atoms in total. The second-order valence-corrected chi connectivity index (χ2v) is 8.60. The van der Waals surface area contributed by atoms with Gasteiger partial charge in [-0.3, -0.25) is 9.69 Å². The number of carbonyl (C=O) groups is 2. The monoisotopic (exact) mass is 500 g/mol. The second-order valence-electron chi connectivity index (χ2n) is 7.59. The number of carboxylic acid groups (broad SMARTS) is 1. The van der Waals surface area contributed by atoms with Gasteiger partial charge in [-0.25, -0.2) is 9.79 Å². The van der Waals surface area contributed by atoms with Crippen molar-refractivity contribution < 1.29 is 32.3 Å². The summed E-state index contributed by atoms with van der Waals surface area (Å²) in [7, 11) is 0. The third-order valence-corrected chi connectivity index (χ3v) is 6.08. The number of amidine groups is 1. The molecule has 0 atom stereocenters. The lowest BCUT2D eigenvalue weighted by molar-refractivity contribution is -0.137. The summed E-state index contributed by atoms with van der Waals surface area (Å²) in [6.07, 6.45) is -2.18. The number of aromatic carboxylic acids is 1. The maximum Gasteiger partial charge on any atom is 0.416 e. The Morgan fingerprint density at radius 1 is 1.09 bits per heavy atom. The number of thioether (sulfide) groups is 1. The summed E-state index contributed by atoms with van der Waals surface area (Å²) in [6, 6.07) is 14.1. The normalized spacial score (nSPS) is 16.5. The summed E-state index contributed by atoms with van der Waals surface area (Å²) >= 11 is 1.12. The Balaban J connectivity index is 1.58. The van der Waals surface area contributed by atoms with Crippen molar-refractivity contribution in [1.82, 2.24) is 4.90 Å². The van der Waals surface area contributed by atoms with Gasteiger partial charge >= 0.3 is 12.1 Å². The predicted octanol–water partition coefficient (Wildman–Crippen LogP) is 6.68. The highest BCUT2D eigenvalue weighted by atomic mass is 32.2. The van der Waals surface area contributed by atoms with E-state index < -0.39 is 17.7 Å². The van der Waals surface area contributed by atoms with Crippen LogP contribution in [0.5, 0.6) is 0 Å². The molecule has 1 saturated heterocycles. The molecule has 1 aliphatic rings. The average molecular weight is 500 g/mol. The van der Waals surface area contributed by atoms with Gasteiger partial charge in [0.15, 0.2) is 5.17 Å². The number of nitrogens with zero attached hydrogens (tertiary/aromatic N) is 2. The van der Waals surface area contributed by atoms with Gasteiger partial charge in [0.1, 0.15) is 11.5 Å². The maximum absolute atomic E-state index is 13.0. The fraction of sp³-hybridized carbons (Fsp3) is 0.160. The van der Waals surface area contributed by atoms with Gasteiger partial charge in [0, 0.05) is 18.2 Å². The molecule has 3 aromatic rings. The van der Waals surface area contributed by atoms with Gasteiger partial charge in [0.2, 0.25) is 0 Å². The van der Waals surface area contributed by atoms with Gasteiger partial charge < -0.3 is 9.52 Å². The smallest absolute Gasteiger partial charge is 0.416 e. The number of amides is 1. The Morgan fingerprint density at radius 3 is 2.37 bits per heavy atom. The molecule has 0 radical (unpaired) electrons. The minimum atomic E-state index is -4.44. The molecule has 1 amide bonds. The number of rotatable bonds is 6. The first-order chi connectivity index (χ1) is 16.7. The minimum absolute atomic E-state index is 0.159. The van der Waals surface area contributed by atoms with Gasteiger partial charge in [-0.15, -0.1) is 0 Å². The first-order valence-electron chi connectivity index (χ1n) is 10.6. The molecular weight excluding hydrogens is 481 g/mol. The summed E-state index contributed by atoms with van der Waals surface area (Å²) in [5.74, 6) is -0.367. The van der Waals surface area contributed by atoms with E-state index in [2.05, 4.69) is 4.99 Å². The molecule has 4 rings (SSSR count). The Kier molecular flexibility index (Phi) is 6.83. The zero-order valence-corrected chi connectivity index (χ0v) is 19.2. The van der Waals surface area contributed by atoms with Crippen LogP contribution in [0, 0.1) is 0 Å². The molecule has 10 heteroatoms. The molecule has 0 spiro atoms. The number of hydrogen-bond acceptors (Lipinski definition) is 5. The third-order valence-electron chi connectivity index (χ3n) is 5.07. The second kappa shape index (κ2) is 9.83. The van der Waals surface area contributed by atoms with Crippen LogP contribution in [0.4, 0.5) is 18.9 Å². The van der Waals surface area contributed by atoms with Crippen molar-refractivity contribution in [3.8, 4) is 11.3 Å². The fourth-order valence-electron chi connectivity index (χ4n) is 3.34. The molecular formula is C25H19F3N2O4S. The maximum atomic E-state index is 13.0. The lowest BCUT2D eigenvalue weighted by atomic mass is 10.1. The van der Waals surface area contributed by atoms with Crippen LogP contribution in [0.2, 0.25) is 0 Å². The van der Waals surface area contributed by atoms with Gasteiger partial charge in [-0.2, -0.15) is 13.2 Å². The van der Waals surface area contributed by atoms with E-state index in [-0.39, 0.29) is 11.5 Å². The van der Waals surface area contributed by atoms with E-state index in [0.29, 0.717) is 45.8 Å². The van der Waals surface area contributed by atoms with E-state index in [9.17, 15) is 22.8 Å². The molecule has 180 valence electrons. The molecule has 2 aromatic carbocycles. The number of furan rings is 1. The molecule has 1 aromatic heterocycles. The van der Waals surface area contributed by atoms with Crippen LogP contribution in [-0.2, 0) is 11.0 Å². The average Bonchev–Trinajstić information content (AvgIpc) is 3.40. The van der Waals surface area contributed by atoms with Crippen LogP contribution in [0.15, 0.2) is 75.0 Å². The zero-order chi connectivity index (χ0) is 25.2. The number of hydrogen-bond donors (Lipinski definition) is 1. The van der Waals surface area contributed by atoms with Crippen molar-refractivity contribution in [2.45, 2.75) is 19.5 Å². The van der Waals surface area contributed by atoms with Gasteiger partial charge in [-0.05, 0) is 66.7 Å². The summed E-state index contributed by atoms with van der Waals surface area (Å²) in [5.41, 5.74) is 0.378. The third kappa shape index (κ3) is 5.48. The largest absolute Gasteiger partial charge is 0.478 e. The van der Waals surface area contributed by atoms with Crippen LogP contribution in [0.1, 0.15) is 35.0 Å². The van der Waals surface area contributed by atoms with E-state index in [4.69, 9.17) is 9.52 Å². The molecule has 35 heavy (non-hydrogen) atoms. The minimum Gasteiger partial charge on any atom is -0.478 e. The number of carboxylic acids is 1. The van der Waals surface area contributed by atoms with E-state index >= 15 is 0 Å². The Hall–Kier alpha value is -3.79. The molecule has 1 aliphatic heterocycles. The fourth-order valence-corrected chi connectivity index (χ4v) is 4.34. The molecule has 0 saturated carbocycles. The topological polar surface area (TPSA) is 83.1 Å². The van der Waals surface area contributed by atoms with Crippen molar-refractivity contribution in [2.75, 3.05) is 6.54 Å². The first kappa shape index (κ1) is 24.3. The van der Waals surface area contributed by atoms with Crippen molar-refractivity contribution >= 4 is 40.6 Å². The zero-order valence-electron chi connectivity index (χ0n) is 18.4. The molecule has 1 N–H and O–H groups in total. The molecule has 0 bridgehead atoms. The van der Waals surface area contributed by atoms with E-state index in [0.717, 1.165) is 23.9 Å².